The SMILES string of the molecule is Cc1cc(NC(=O)N2CCCC2CC(=O)O)cc(C)c1Br. The molecule has 1 aromatic carbocycles. The van der Waals surface area contributed by atoms with Crippen LogP contribution in [0.5, 0.6) is 0 Å². The van der Waals surface area contributed by atoms with Crippen molar-refractivity contribution >= 4 is 33.6 Å². The zero-order valence-corrected chi connectivity index (χ0v) is 13.7. The monoisotopic (exact) mass is 354 g/mol. The highest BCUT2D eigenvalue weighted by Crippen LogP contribution is 2.26. The van der Waals surface area contributed by atoms with Gasteiger partial charge in [0.1, 0.15) is 0 Å². The number of hydrogen-bond donors (Lipinski definition) is 2. The van der Waals surface area contributed by atoms with E-state index < -0.39 is 5.97 Å². The first kappa shape index (κ1) is 15.8. The van der Waals surface area contributed by atoms with Crippen LogP contribution in [0.3, 0.4) is 0 Å². The van der Waals surface area contributed by atoms with E-state index in [2.05, 4.69) is 21.2 Å². The Labute approximate surface area is 132 Å². The summed E-state index contributed by atoms with van der Waals surface area (Å²) < 4.78 is 1.03. The number of carboxylic acid groups (broad SMARTS) is 1. The summed E-state index contributed by atoms with van der Waals surface area (Å²) in [4.78, 5) is 24.8. The third-order valence-electron chi connectivity index (χ3n) is 3.74. The molecule has 2 rings (SSSR count). The molecule has 0 aromatic heterocycles. The fraction of sp³-hybridized carbons (Fsp3) is 0.467. The Morgan fingerprint density at radius 2 is 2.00 bits per heavy atom. The maximum absolute atomic E-state index is 12.3. The van der Waals surface area contributed by atoms with E-state index in [4.69, 9.17) is 5.11 Å². The number of benzene rings is 1. The summed E-state index contributed by atoms with van der Waals surface area (Å²) in [6, 6.07) is 3.37. The Morgan fingerprint density at radius 3 is 2.57 bits per heavy atom. The fourth-order valence-electron chi connectivity index (χ4n) is 2.73. The molecule has 1 aromatic rings. The van der Waals surface area contributed by atoms with Crippen molar-refractivity contribution in [3.05, 3.63) is 27.7 Å². The minimum atomic E-state index is -0.866. The van der Waals surface area contributed by atoms with Gasteiger partial charge in [0, 0.05) is 22.7 Å². The number of carbonyl (C=O) groups excluding carboxylic acids is 1. The number of anilines is 1. The molecular weight excluding hydrogens is 336 g/mol. The van der Waals surface area contributed by atoms with Crippen LogP contribution in [0.15, 0.2) is 16.6 Å². The lowest BCUT2D eigenvalue weighted by Gasteiger charge is -2.24. The summed E-state index contributed by atoms with van der Waals surface area (Å²) in [5.41, 5.74) is 2.83. The predicted octanol–water partition coefficient (Wildman–Crippen LogP) is 3.54. The number of aliphatic carboxylic acids is 1. The van der Waals surface area contributed by atoms with Crippen LogP contribution in [0.25, 0.3) is 0 Å². The normalized spacial score (nSPS) is 17.9. The third-order valence-corrected chi connectivity index (χ3v) is 4.99. The van der Waals surface area contributed by atoms with E-state index >= 15 is 0 Å². The number of aryl methyl sites for hydroxylation is 2. The molecule has 0 spiro atoms. The van der Waals surface area contributed by atoms with Crippen molar-refractivity contribution in [2.75, 3.05) is 11.9 Å². The molecule has 1 heterocycles. The number of likely N-dealkylation sites (tertiary alicyclic amines) is 1. The number of amides is 2. The van der Waals surface area contributed by atoms with E-state index in [-0.39, 0.29) is 18.5 Å². The van der Waals surface area contributed by atoms with Gasteiger partial charge in [0.2, 0.25) is 0 Å². The Bertz CT molecular complexity index is 551. The molecule has 2 amide bonds. The highest BCUT2D eigenvalue weighted by molar-refractivity contribution is 9.10. The molecule has 0 saturated carbocycles. The minimum absolute atomic E-state index is 0.00577. The van der Waals surface area contributed by atoms with Crippen LogP contribution in [0.4, 0.5) is 10.5 Å². The lowest BCUT2D eigenvalue weighted by molar-refractivity contribution is -0.137. The molecule has 6 heteroatoms. The molecule has 1 aliphatic heterocycles. The van der Waals surface area contributed by atoms with Gasteiger partial charge in [-0.25, -0.2) is 4.79 Å². The van der Waals surface area contributed by atoms with E-state index in [1.807, 2.05) is 26.0 Å². The van der Waals surface area contributed by atoms with Gasteiger partial charge >= 0.3 is 12.0 Å². The summed E-state index contributed by atoms with van der Waals surface area (Å²) in [5.74, 6) is -0.866. The summed E-state index contributed by atoms with van der Waals surface area (Å²) in [6.07, 6.45) is 1.60. The Morgan fingerprint density at radius 1 is 1.38 bits per heavy atom. The average molecular weight is 355 g/mol. The molecule has 0 radical (unpaired) electrons. The number of carboxylic acids is 1. The average Bonchev–Trinajstić information content (AvgIpc) is 2.83. The van der Waals surface area contributed by atoms with Gasteiger partial charge in [-0.1, -0.05) is 15.9 Å². The van der Waals surface area contributed by atoms with Crippen molar-refractivity contribution in [3.8, 4) is 0 Å². The summed E-state index contributed by atoms with van der Waals surface area (Å²) in [5, 5.41) is 11.8. The van der Waals surface area contributed by atoms with Crippen molar-refractivity contribution in [1.82, 2.24) is 4.90 Å². The van der Waals surface area contributed by atoms with Crippen LogP contribution in [-0.4, -0.2) is 34.6 Å². The smallest absolute Gasteiger partial charge is 0.322 e. The topological polar surface area (TPSA) is 69.6 Å². The molecule has 21 heavy (non-hydrogen) atoms. The first-order valence-electron chi connectivity index (χ1n) is 6.94. The number of rotatable bonds is 3. The second-order valence-electron chi connectivity index (χ2n) is 5.44. The molecule has 114 valence electrons. The molecule has 1 fully saturated rings. The molecular formula is C15H19BrN2O3. The zero-order chi connectivity index (χ0) is 15.6. The van der Waals surface area contributed by atoms with Gasteiger partial charge in [0.25, 0.3) is 0 Å². The van der Waals surface area contributed by atoms with E-state index in [9.17, 15) is 9.59 Å². The first-order valence-corrected chi connectivity index (χ1v) is 7.74. The maximum atomic E-state index is 12.3. The van der Waals surface area contributed by atoms with Crippen LogP contribution in [0, 0.1) is 13.8 Å². The van der Waals surface area contributed by atoms with Crippen LogP contribution in [0.1, 0.15) is 30.4 Å². The second-order valence-corrected chi connectivity index (χ2v) is 6.23. The van der Waals surface area contributed by atoms with Crippen molar-refractivity contribution < 1.29 is 14.7 Å². The highest BCUT2D eigenvalue weighted by Gasteiger charge is 2.30. The fourth-order valence-corrected chi connectivity index (χ4v) is 2.96. The molecule has 1 aliphatic rings. The number of carbonyl (C=O) groups is 2. The van der Waals surface area contributed by atoms with E-state index in [0.717, 1.165) is 34.1 Å². The number of hydrogen-bond acceptors (Lipinski definition) is 2. The van der Waals surface area contributed by atoms with Crippen LogP contribution < -0.4 is 5.32 Å². The lowest BCUT2D eigenvalue weighted by atomic mass is 10.1. The molecule has 5 nitrogen and oxygen atoms in total. The molecule has 1 unspecified atom stereocenters. The summed E-state index contributed by atoms with van der Waals surface area (Å²) in [7, 11) is 0. The Hall–Kier alpha value is -1.56. The molecule has 2 N–H and O–H groups in total. The van der Waals surface area contributed by atoms with Crippen molar-refractivity contribution in [3.63, 3.8) is 0 Å². The largest absolute Gasteiger partial charge is 0.481 e. The van der Waals surface area contributed by atoms with Gasteiger partial charge in [-0.15, -0.1) is 0 Å². The number of nitrogens with one attached hydrogen (secondary N) is 1. The highest BCUT2D eigenvalue weighted by atomic mass is 79.9. The molecule has 1 atom stereocenters. The van der Waals surface area contributed by atoms with E-state index in [1.165, 1.54) is 0 Å². The molecule has 0 aliphatic carbocycles. The van der Waals surface area contributed by atoms with Crippen LogP contribution >= 0.6 is 15.9 Å². The zero-order valence-electron chi connectivity index (χ0n) is 12.1. The number of nitrogens with zero attached hydrogens (tertiary/aromatic N) is 1. The predicted molar refractivity (Wildman–Crippen MR) is 84.6 cm³/mol. The van der Waals surface area contributed by atoms with Crippen molar-refractivity contribution in [1.29, 1.82) is 0 Å². The van der Waals surface area contributed by atoms with Crippen LogP contribution in [-0.2, 0) is 4.79 Å². The minimum Gasteiger partial charge on any atom is -0.481 e. The first-order chi connectivity index (χ1) is 9.88. The van der Waals surface area contributed by atoms with E-state index in [0.29, 0.717) is 6.54 Å². The standard InChI is InChI=1S/C15H19BrN2O3/c1-9-6-11(7-10(2)14(9)16)17-15(21)18-5-3-4-12(18)8-13(19)20/h6-7,12H,3-5,8H2,1-2H3,(H,17,21)(H,19,20). The lowest BCUT2D eigenvalue weighted by Crippen LogP contribution is -2.39. The van der Waals surface area contributed by atoms with Gasteiger partial charge in [-0.2, -0.15) is 0 Å². The van der Waals surface area contributed by atoms with Gasteiger partial charge in [-0.3, -0.25) is 4.79 Å². The summed E-state index contributed by atoms with van der Waals surface area (Å²) in [6.45, 7) is 4.55. The Kier molecular flexibility index (Phi) is 4.88. The van der Waals surface area contributed by atoms with Crippen molar-refractivity contribution in [2.24, 2.45) is 0 Å². The number of halogens is 1. The van der Waals surface area contributed by atoms with Gasteiger partial charge in [-0.05, 0) is 49.9 Å². The maximum Gasteiger partial charge on any atom is 0.322 e. The quantitative estimate of drug-likeness (QED) is 0.871. The summed E-state index contributed by atoms with van der Waals surface area (Å²) >= 11 is 3.49. The van der Waals surface area contributed by atoms with E-state index in [1.54, 1.807) is 4.90 Å². The molecule has 1 saturated heterocycles. The van der Waals surface area contributed by atoms with Crippen molar-refractivity contribution in [2.45, 2.75) is 39.2 Å². The second kappa shape index (κ2) is 6.47. The van der Waals surface area contributed by atoms with Gasteiger partial charge in [0.05, 0.1) is 6.42 Å². The Balaban J connectivity index is 2.09. The van der Waals surface area contributed by atoms with Gasteiger partial charge in [0.15, 0.2) is 0 Å². The number of urea groups is 1. The molecule has 0 bridgehead atoms. The van der Waals surface area contributed by atoms with Crippen LogP contribution in [0.2, 0.25) is 0 Å². The van der Waals surface area contributed by atoms with Gasteiger partial charge < -0.3 is 15.3 Å². The third kappa shape index (κ3) is 3.75.